The minimum atomic E-state index is -1.22. The molecule has 2 amide bonds. The average Bonchev–Trinajstić information content (AvgIpc) is 3.64. The molecule has 3 aliphatic rings. The highest BCUT2D eigenvalue weighted by Crippen LogP contribution is 2.48. The Bertz CT molecular complexity index is 1260. The van der Waals surface area contributed by atoms with Gasteiger partial charge in [0.2, 0.25) is 5.91 Å². The molecular formula is C31H37ClFN3O5. The van der Waals surface area contributed by atoms with Crippen LogP contribution in [0.3, 0.4) is 0 Å². The van der Waals surface area contributed by atoms with Crippen molar-refractivity contribution < 1.29 is 28.2 Å². The number of nitrogens with one attached hydrogen (secondary N) is 1. The number of carbonyl (C=O) groups is 3. The van der Waals surface area contributed by atoms with Crippen LogP contribution in [0.1, 0.15) is 44.1 Å². The number of hydrogen-bond acceptors (Lipinski definition) is 6. The van der Waals surface area contributed by atoms with Gasteiger partial charge in [-0.25, -0.2) is 9.18 Å². The van der Waals surface area contributed by atoms with E-state index < -0.39 is 22.9 Å². The Morgan fingerprint density at radius 2 is 1.73 bits per heavy atom. The van der Waals surface area contributed by atoms with E-state index >= 15 is 0 Å². The van der Waals surface area contributed by atoms with E-state index in [2.05, 4.69) is 5.32 Å². The first-order chi connectivity index (χ1) is 19.7. The van der Waals surface area contributed by atoms with Gasteiger partial charge in [-0.1, -0.05) is 23.7 Å². The van der Waals surface area contributed by atoms with Crippen molar-refractivity contribution in [1.82, 2.24) is 15.1 Å². The van der Waals surface area contributed by atoms with Crippen molar-refractivity contribution in [2.45, 2.75) is 44.1 Å². The van der Waals surface area contributed by atoms with Gasteiger partial charge in [0.15, 0.2) is 5.78 Å². The molecule has 0 unspecified atom stereocenters. The van der Waals surface area contributed by atoms with Crippen molar-refractivity contribution in [3.63, 3.8) is 0 Å². The van der Waals surface area contributed by atoms with E-state index in [1.807, 2.05) is 24.0 Å². The van der Waals surface area contributed by atoms with Crippen LogP contribution in [0.15, 0.2) is 48.5 Å². The van der Waals surface area contributed by atoms with Crippen molar-refractivity contribution in [1.29, 1.82) is 0 Å². The highest BCUT2D eigenvalue weighted by Gasteiger charge is 2.58. The summed E-state index contributed by atoms with van der Waals surface area (Å²) in [4.78, 5) is 45.0. The fourth-order valence-electron chi connectivity index (χ4n) is 6.58. The number of likely N-dealkylation sites (tertiary alicyclic amines) is 1. The topological polar surface area (TPSA) is 88.2 Å². The molecule has 41 heavy (non-hydrogen) atoms. The number of benzene rings is 2. The summed E-state index contributed by atoms with van der Waals surface area (Å²) in [5.41, 5.74) is -0.737. The third-order valence-corrected chi connectivity index (χ3v) is 9.19. The molecule has 0 radical (unpaired) electrons. The predicted octanol–water partition coefficient (Wildman–Crippen LogP) is 4.66. The third-order valence-electron chi connectivity index (χ3n) is 8.94. The average molecular weight is 586 g/mol. The number of piperidine rings is 1. The number of amides is 2. The van der Waals surface area contributed by atoms with Gasteiger partial charge >= 0.3 is 6.09 Å². The molecule has 2 aromatic rings. The monoisotopic (exact) mass is 585 g/mol. The van der Waals surface area contributed by atoms with Crippen molar-refractivity contribution in [3.05, 3.63) is 64.9 Å². The summed E-state index contributed by atoms with van der Waals surface area (Å²) in [6, 6.07) is 12.6. The quantitative estimate of drug-likeness (QED) is 0.461. The van der Waals surface area contributed by atoms with Crippen LogP contribution in [0, 0.1) is 17.2 Å². The first-order valence-corrected chi connectivity index (χ1v) is 14.7. The highest BCUT2D eigenvalue weighted by atomic mass is 35.5. The van der Waals surface area contributed by atoms with Gasteiger partial charge in [-0.3, -0.25) is 14.5 Å². The molecule has 2 heterocycles. The maximum absolute atomic E-state index is 14.7. The largest absolute Gasteiger partial charge is 0.416 e. The van der Waals surface area contributed by atoms with Gasteiger partial charge < -0.3 is 19.7 Å². The van der Waals surface area contributed by atoms with Gasteiger partial charge in [-0.15, -0.1) is 0 Å². The summed E-state index contributed by atoms with van der Waals surface area (Å²) in [6.07, 6.45) is 2.04. The summed E-state index contributed by atoms with van der Waals surface area (Å²) < 4.78 is 24.5. The Hall–Kier alpha value is -3.01. The first-order valence-electron chi connectivity index (χ1n) is 14.3. The van der Waals surface area contributed by atoms with Gasteiger partial charge in [-0.05, 0) is 74.6 Å². The van der Waals surface area contributed by atoms with Crippen molar-refractivity contribution in [3.8, 4) is 5.75 Å². The molecular weight excluding hydrogens is 549 g/mol. The molecule has 3 fully saturated rings. The highest BCUT2D eigenvalue weighted by molar-refractivity contribution is 6.30. The Labute approximate surface area is 245 Å². The van der Waals surface area contributed by atoms with E-state index in [1.165, 1.54) is 29.2 Å². The van der Waals surface area contributed by atoms with Crippen LogP contribution in [0.2, 0.25) is 5.02 Å². The van der Waals surface area contributed by atoms with Crippen molar-refractivity contribution >= 4 is 29.4 Å². The van der Waals surface area contributed by atoms with E-state index in [9.17, 15) is 18.8 Å². The van der Waals surface area contributed by atoms with Crippen LogP contribution in [-0.4, -0.2) is 79.6 Å². The van der Waals surface area contributed by atoms with Gasteiger partial charge in [0.05, 0.1) is 12.0 Å². The Morgan fingerprint density at radius 3 is 2.32 bits per heavy atom. The molecule has 1 N–H and O–H groups in total. The lowest BCUT2D eigenvalue weighted by molar-refractivity contribution is -0.144. The molecule has 0 bridgehead atoms. The summed E-state index contributed by atoms with van der Waals surface area (Å²) in [5, 5.41) is 3.96. The number of ketones is 1. The van der Waals surface area contributed by atoms with Crippen LogP contribution in [0.5, 0.6) is 5.75 Å². The van der Waals surface area contributed by atoms with Gasteiger partial charge in [0.25, 0.3) is 0 Å². The van der Waals surface area contributed by atoms with Crippen molar-refractivity contribution in [2.75, 3.05) is 46.4 Å². The molecule has 1 aliphatic carbocycles. The lowest BCUT2D eigenvalue weighted by Gasteiger charge is -2.45. The van der Waals surface area contributed by atoms with Gasteiger partial charge in [-0.2, -0.15) is 0 Å². The summed E-state index contributed by atoms with van der Waals surface area (Å²) in [7, 11) is 1.62. The number of likely N-dealkylation sites (N-methyl/N-ethyl adjacent to an activating group) is 1. The third kappa shape index (κ3) is 5.72. The van der Waals surface area contributed by atoms with Crippen molar-refractivity contribution in [2.24, 2.45) is 11.3 Å². The second kappa shape index (κ2) is 12.1. The van der Waals surface area contributed by atoms with Crippen LogP contribution >= 0.6 is 11.6 Å². The standard InChI is InChI=1S/C31H37ClFN3O5/c1-3-36(29(39)41-25-10-8-24(33)9-11-25)31(19-34-18-26(31)21-4-6-23(32)7-5-21)27(37)22-12-16-35(17-13-22)28(38)30(14-15-30)20-40-2/h4-11,22,26,34H,3,12-20H2,1-2H3/t26-,31+/m0/s1. The number of nitrogens with zero attached hydrogens (tertiary/aromatic N) is 2. The molecule has 1 saturated carbocycles. The zero-order valence-corrected chi connectivity index (χ0v) is 24.3. The molecule has 2 saturated heterocycles. The number of rotatable bonds is 9. The number of ether oxygens (including phenoxy) is 2. The molecule has 2 atom stereocenters. The van der Waals surface area contributed by atoms with E-state index in [-0.39, 0.29) is 42.4 Å². The zero-order valence-electron chi connectivity index (χ0n) is 23.5. The van der Waals surface area contributed by atoms with Crippen LogP contribution in [-0.2, 0) is 14.3 Å². The van der Waals surface area contributed by atoms with Gasteiger partial charge in [0.1, 0.15) is 17.1 Å². The van der Waals surface area contributed by atoms with Gasteiger partial charge in [0, 0.05) is 56.7 Å². The van der Waals surface area contributed by atoms with Crippen LogP contribution in [0.4, 0.5) is 9.18 Å². The van der Waals surface area contributed by atoms with Crippen LogP contribution in [0.25, 0.3) is 0 Å². The molecule has 2 aliphatic heterocycles. The van der Waals surface area contributed by atoms with E-state index in [0.717, 1.165) is 18.4 Å². The molecule has 0 spiro atoms. The summed E-state index contributed by atoms with van der Waals surface area (Å²) in [5.74, 6) is -0.845. The molecule has 5 rings (SSSR count). The predicted molar refractivity (Wildman–Crippen MR) is 152 cm³/mol. The number of Topliss-reactive ketones (excluding diaryl/α,β-unsaturated/α-hetero) is 1. The lowest BCUT2D eigenvalue weighted by Crippen LogP contribution is -2.64. The SMILES string of the molecule is CCN(C(=O)Oc1ccc(F)cc1)[C@]1(C(=O)C2CCN(C(=O)C3(COC)CC3)CC2)CNC[C@H]1c1ccc(Cl)cc1. The summed E-state index contributed by atoms with van der Waals surface area (Å²) in [6.45, 7) is 4.21. The molecule has 2 aromatic carbocycles. The zero-order chi connectivity index (χ0) is 29.2. The number of methoxy groups -OCH3 is 1. The Kier molecular flexibility index (Phi) is 8.68. The fraction of sp³-hybridized carbons (Fsp3) is 0.516. The maximum atomic E-state index is 14.7. The van der Waals surface area contributed by atoms with E-state index in [4.69, 9.17) is 21.1 Å². The Morgan fingerprint density at radius 1 is 1.07 bits per heavy atom. The molecule has 220 valence electrons. The molecule has 0 aromatic heterocycles. The minimum Gasteiger partial charge on any atom is -0.410 e. The lowest BCUT2D eigenvalue weighted by atomic mass is 9.71. The second-order valence-corrected chi connectivity index (χ2v) is 11.8. The number of carbonyl (C=O) groups excluding carboxylic acids is 3. The number of hydrogen-bond donors (Lipinski definition) is 1. The normalized spacial score (nSPS) is 23.7. The first kappa shape index (κ1) is 29.5. The van der Waals surface area contributed by atoms with E-state index in [1.54, 1.807) is 19.2 Å². The fourth-order valence-corrected chi connectivity index (χ4v) is 6.70. The smallest absolute Gasteiger partial charge is 0.410 e. The van der Waals surface area contributed by atoms with Crippen LogP contribution < -0.4 is 10.1 Å². The number of halogens is 2. The molecule has 10 heteroatoms. The minimum absolute atomic E-state index is 0.0366. The maximum Gasteiger partial charge on any atom is 0.416 e. The Balaban J connectivity index is 1.42. The molecule has 8 nitrogen and oxygen atoms in total. The second-order valence-electron chi connectivity index (χ2n) is 11.4. The summed E-state index contributed by atoms with van der Waals surface area (Å²) >= 11 is 6.18. The van der Waals surface area contributed by atoms with E-state index in [0.29, 0.717) is 44.1 Å².